The zero-order chi connectivity index (χ0) is 64.0. The number of rotatable bonds is 6. The first kappa shape index (κ1) is 62.2. The van der Waals surface area contributed by atoms with Crippen molar-refractivity contribution in [3.8, 4) is 55.9 Å². The molecule has 0 aliphatic heterocycles. The van der Waals surface area contributed by atoms with Crippen LogP contribution in [0.4, 0.5) is 0 Å². The molecule has 2 heteroatoms. The van der Waals surface area contributed by atoms with Gasteiger partial charge in [-0.2, -0.15) is 0 Å². The first-order chi connectivity index (χ1) is 40.6. The van der Waals surface area contributed by atoms with Gasteiger partial charge in [0.25, 0.3) is 0 Å². The first-order valence-corrected chi connectivity index (χ1v) is 32.6. The summed E-state index contributed by atoms with van der Waals surface area (Å²) in [6.45, 7) is 56.1. The molecular formula is C86H100N2. The average Bonchev–Trinajstić information content (AvgIpc) is 1.53. The van der Waals surface area contributed by atoms with Crippen LogP contribution in [0.25, 0.3) is 99.5 Å². The third-order valence-corrected chi connectivity index (χ3v) is 19.0. The molecule has 2 nitrogen and oxygen atoms in total. The average molecular weight is 1160 g/mol. The molecule has 11 aromatic rings. The van der Waals surface area contributed by atoms with Crippen molar-refractivity contribution < 1.29 is 0 Å². The van der Waals surface area contributed by atoms with E-state index in [1.54, 1.807) is 0 Å². The molecule has 0 saturated carbocycles. The quantitative estimate of drug-likeness (QED) is 0.157. The van der Waals surface area contributed by atoms with Gasteiger partial charge in [0.2, 0.25) is 0 Å². The summed E-state index contributed by atoms with van der Waals surface area (Å²) in [6.07, 6.45) is 0. The highest BCUT2D eigenvalue weighted by Gasteiger charge is 2.29. The Morgan fingerprint density at radius 3 is 0.591 bits per heavy atom. The highest BCUT2D eigenvalue weighted by molar-refractivity contribution is 6.11. The van der Waals surface area contributed by atoms with Crippen molar-refractivity contribution in [1.82, 2.24) is 9.13 Å². The molecule has 0 bridgehead atoms. The van der Waals surface area contributed by atoms with Crippen molar-refractivity contribution in [1.29, 1.82) is 0 Å². The van der Waals surface area contributed by atoms with Crippen LogP contribution in [0, 0.1) is 0 Å². The van der Waals surface area contributed by atoms with E-state index in [-0.39, 0.29) is 43.3 Å². The van der Waals surface area contributed by atoms with E-state index in [1.807, 2.05) is 0 Å². The molecule has 0 amide bonds. The minimum Gasteiger partial charge on any atom is -0.309 e. The summed E-state index contributed by atoms with van der Waals surface area (Å²) < 4.78 is 4.99. The fourth-order valence-electron chi connectivity index (χ4n) is 12.9. The van der Waals surface area contributed by atoms with Crippen LogP contribution in [0.1, 0.15) is 211 Å². The topological polar surface area (TPSA) is 9.86 Å². The molecule has 88 heavy (non-hydrogen) atoms. The lowest BCUT2D eigenvalue weighted by molar-refractivity contribution is 0.568. The van der Waals surface area contributed by atoms with Crippen LogP contribution in [-0.2, 0) is 43.3 Å². The Kier molecular flexibility index (Phi) is 14.9. The van der Waals surface area contributed by atoms with Crippen molar-refractivity contribution >= 4 is 43.6 Å². The summed E-state index contributed by atoms with van der Waals surface area (Å²) in [5.74, 6) is 0. The lowest BCUT2D eigenvalue weighted by atomic mass is 9.76. The monoisotopic (exact) mass is 1160 g/mol. The molecular weight excluding hydrogens is 1060 g/mol. The van der Waals surface area contributed by atoms with Crippen molar-refractivity contribution in [3.63, 3.8) is 0 Å². The SMILES string of the molecule is CC(C)(C)c1cc(-c2cc(-c3ccc(-n4c5ccc(C(C)(C)C)cc5c5cc(C(C)(C)C)ccc54)cc3)c(-c3cc(C(C)(C)C)cc(C(C)(C)C)c3)cc2-c2ccc(-n3c4ccc(C(C)(C)C)cc4c4cc(C(C)(C)C)ccc43)cc2)cc(C(C)(C)C)c1. The van der Waals surface area contributed by atoms with Gasteiger partial charge in [0.05, 0.1) is 22.1 Å². The number of fused-ring (bicyclic) bond motifs is 6. The maximum absolute atomic E-state index is 2.55. The minimum absolute atomic E-state index is 0.0192. The Labute approximate surface area is 529 Å². The highest BCUT2D eigenvalue weighted by Crippen LogP contribution is 2.48. The van der Waals surface area contributed by atoms with E-state index < -0.39 is 0 Å². The smallest absolute Gasteiger partial charge is 0.0541 e. The molecule has 9 aromatic carbocycles. The molecule has 0 aliphatic rings. The van der Waals surface area contributed by atoms with Crippen LogP contribution >= 0.6 is 0 Å². The molecule has 0 N–H and O–H groups in total. The van der Waals surface area contributed by atoms with Crippen LogP contribution in [0.3, 0.4) is 0 Å². The maximum atomic E-state index is 2.55. The van der Waals surface area contributed by atoms with Gasteiger partial charge in [-0.3, -0.25) is 0 Å². The fourth-order valence-corrected chi connectivity index (χ4v) is 12.9. The van der Waals surface area contributed by atoms with Gasteiger partial charge in [0.15, 0.2) is 0 Å². The molecule has 11 rings (SSSR count). The summed E-state index contributed by atoms with van der Waals surface area (Å²) in [5.41, 5.74) is 27.4. The zero-order valence-corrected chi connectivity index (χ0v) is 58.1. The molecule has 0 aliphatic carbocycles. The van der Waals surface area contributed by atoms with E-state index in [4.69, 9.17) is 0 Å². The van der Waals surface area contributed by atoms with Crippen molar-refractivity contribution in [2.24, 2.45) is 0 Å². The number of benzene rings is 9. The summed E-state index contributed by atoms with van der Waals surface area (Å²) in [5, 5.41) is 5.20. The summed E-state index contributed by atoms with van der Waals surface area (Å²) in [6, 6.07) is 67.6. The standard InChI is InChI=1S/C86H100N2/c1-79(2,3)57-29-37-75-71(47-57)72-48-58(80(4,5)6)30-38-76(72)87(75)65-33-25-53(26-34-65)67-51-70(56-43-63(85(19,20)21)46-64(44-56)86(22,23)24)68(52-69(67)55-41-61(83(13,14)15)45-62(42-55)84(16,17)18)54-27-35-66(36-28-54)88-77-39-31-59(81(7,8)9)49-73(77)74-50-60(82(10,11)12)32-40-78(74)88/h25-52H,1-24H3. The van der Waals surface area contributed by atoms with Gasteiger partial charge in [-0.05, 0) is 217 Å². The van der Waals surface area contributed by atoms with E-state index in [0.717, 1.165) is 11.4 Å². The van der Waals surface area contributed by atoms with E-state index in [9.17, 15) is 0 Å². The Bertz CT molecular complexity index is 4000. The number of hydrogen-bond donors (Lipinski definition) is 0. The number of aromatic nitrogens is 2. The second kappa shape index (κ2) is 21.1. The number of hydrogen-bond acceptors (Lipinski definition) is 0. The molecule has 0 spiro atoms. The van der Waals surface area contributed by atoms with Crippen molar-refractivity contribution in [3.05, 3.63) is 214 Å². The van der Waals surface area contributed by atoms with E-state index >= 15 is 0 Å². The second-order valence-electron chi connectivity index (χ2n) is 34.2. The van der Waals surface area contributed by atoms with Crippen LogP contribution in [0.2, 0.25) is 0 Å². The molecule has 2 heterocycles. The van der Waals surface area contributed by atoms with Gasteiger partial charge in [-0.25, -0.2) is 0 Å². The Morgan fingerprint density at radius 2 is 0.386 bits per heavy atom. The fraction of sp³-hybridized carbons (Fsp3) is 0.372. The van der Waals surface area contributed by atoms with E-state index in [2.05, 4.69) is 345 Å². The molecule has 0 atom stereocenters. The second-order valence-corrected chi connectivity index (χ2v) is 34.2. The predicted molar refractivity (Wildman–Crippen MR) is 386 cm³/mol. The third-order valence-electron chi connectivity index (χ3n) is 19.0. The molecule has 454 valence electrons. The van der Waals surface area contributed by atoms with Gasteiger partial charge < -0.3 is 9.13 Å². The lowest BCUT2D eigenvalue weighted by Gasteiger charge is -2.28. The van der Waals surface area contributed by atoms with Gasteiger partial charge in [-0.15, -0.1) is 0 Å². The number of nitrogens with zero attached hydrogens (tertiary/aromatic N) is 2. The van der Waals surface area contributed by atoms with Crippen molar-refractivity contribution in [2.45, 2.75) is 209 Å². The Hall–Kier alpha value is -7.42. The summed E-state index contributed by atoms with van der Waals surface area (Å²) >= 11 is 0. The minimum atomic E-state index is -0.0772. The third kappa shape index (κ3) is 11.8. The van der Waals surface area contributed by atoms with E-state index in [1.165, 1.54) is 133 Å². The van der Waals surface area contributed by atoms with Gasteiger partial charge >= 0.3 is 0 Å². The maximum Gasteiger partial charge on any atom is 0.0541 e. The molecule has 0 unspecified atom stereocenters. The van der Waals surface area contributed by atoms with Crippen LogP contribution < -0.4 is 0 Å². The van der Waals surface area contributed by atoms with Gasteiger partial charge in [-0.1, -0.05) is 251 Å². The van der Waals surface area contributed by atoms with Crippen LogP contribution in [0.15, 0.2) is 170 Å². The molecule has 0 radical (unpaired) electrons. The molecule has 2 aromatic heterocycles. The highest BCUT2D eigenvalue weighted by atomic mass is 15.0. The lowest BCUT2D eigenvalue weighted by Crippen LogP contribution is -2.16. The normalized spacial score (nSPS) is 13.5. The molecule has 0 saturated heterocycles. The predicted octanol–water partition coefficient (Wildman–Crippen LogP) is 24.9. The van der Waals surface area contributed by atoms with Gasteiger partial charge in [0.1, 0.15) is 0 Å². The van der Waals surface area contributed by atoms with Gasteiger partial charge in [0, 0.05) is 32.9 Å². The van der Waals surface area contributed by atoms with E-state index in [0.29, 0.717) is 0 Å². The van der Waals surface area contributed by atoms with Crippen LogP contribution in [-0.4, -0.2) is 9.13 Å². The zero-order valence-electron chi connectivity index (χ0n) is 58.1. The largest absolute Gasteiger partial charge is 0.309 e. The van der Waals surface area contributed by atoms with Crippen molar-refractivity contribution in [2.75, 3.05) is 0 Å². The Morgan fingerprint density at radius 1 is 0.182 bits per heavy atom. The Balaban J connectivity index is 1.19. The van der Waals surface area contributed by atoms with Crippen LogP contribution in [0.5, 0.6) is 0 Å². The summed E-state index contributed by atoms with van der Waals surface area (Å²) in [7, 11) is 0. The summed E-state index contributed by atoms with van der Waals surface area (Å²) in [4.78, 5) is 0. The molecule has 0 fully saturated rings. The first-order valence-electron chi connectivity index (χ1n) is 32.6.